The molecule has 0 saturated heterocycles. The van der Waals surface area contributed by atoms with Gasteiger partial charge >= 0.3 is 0 Å². The second-order valence-corrected chi connectivity index (χ2v) is 9.10. The normalized spacial score (nSPS) is 12.6. The molecule has 0 aliphatic carbocycles. The van der Waals surface area contributed by atoms with E-state index in [1.54, 1.807) is 42.2 Å². The number of nitrogens with zero attached hydrogens (tertiary/aromatic N) is 3. The minimum Gasteiger partial charge on any atom is -0.497 e. The van der Waals surface area contributed by atoms with E-state index < -0.39 is 9.84 Å². The number of aromatic nitrogens is 3. The third-order valence-electron chi connectivity index (χ3n) is 4.86. The van der Waals surface area contributed by atoms with Crippen molar-refractivity contribution in [2.75, 3.05) is 18.7 Å². The molecule has 0 fully saturated rings. The third-order valence-corrected chi connectivity index (χ3v) is 5.97. The van der Waals surface area contributed by atoms with Crippen molar-refractivity contribution >= 4 is 21.2 Å². The van der Waals surface area contributed by atoms with E-state index in [4.69, 9.17) is 4.74 Å². The molecule has 7 nitrogen and oxygen atoms in total. The summed E-state index contributed by atoms with van der Waals surface area (Å²) in [6.45, 7) is 1.92. The fraction of sp³-hybridized carbons (Fsp3) is 0.182. The monoisotopic (exact) mass is 422 g/mol. The minimum absolute atomic E-state index is 0.270. The largest absolute Gasteiger partial charge is 0.497 e. The average molecular weight is 423 g/mol. The van der Waals surface area contributed by atoms with Gasteiger partial charge < -0.3 is 10.1 Å². The number of fused-ring (bicyclic) bond motifs is 1. The summed E-state index contributed by atoms with van der Waals surface area (Å²) in [4.78, 5) is 4.77. The van der Waals surface area contributed by atoms with Crippen molar-refractivity contribution in [1.29, 1.82) is 0 Å². The molecule has 4 rings (SSSR count). The lowest BCUT2D eigenvalue weighted by molar-refractivity contribution is 0.414. The first-order valence-corrected chi connectivity index (χ1v) is 11.3. The summed E-state index contributed by atoms with van der Waals surface area (Å²) in [5.41, 5.74) is 3.48. The van der Waals surface area contributed by atoms with Gasteiger partial charge in [-0.25, -0.2) is 17.9 Å². The number of nitrogens with one attached hydrogen (secondary N) is 1. The zero-order valence-electron chi connectivity index (χ0n) is 16.9. The Bertz CT molecular complexity index is 1300. The molecule has 0 radical (unpaired) electrons. The number of anilines is 1. The highest BCUT2D eigenvalue weighted by molar-refractivity contribution is 7.90. The first-order chi connectivity index (χ1) is 14.3. The Morgan fingerprint density at radius 1 is 1.07 bits per heavy atom. The number of methoxy groups -OCH3 is 1. The summed E-state index contributed by atoms with van der Waals surface area (Å²) in [7, 11) is -1.72. The van der Waals surface area contributed by atoms with Crippen LogP contribution < -0.4 is 10.1 Å². The van der Waals surface area contributed by atoms with Gasteiger partial charge in [-0.2, -0.15) is 5.10 Å². The molecular weight excluding hydrogens is 400 g/mol. The van der Waals surface area contributed by atoms with E-state index in [0.29, 0.717) is 5.82 Å². The Kier molecular flexibility index (Phi) is 5.17. The Balaban J connectivity index is 1.83. The second kappa shape index (κ2) is 7.79. The quantitative estimate of drug-likeness (QED) is 0.510. The number of sulfone groups is 1. The number of benzene rings is 2. The van der Waals surface area contributed by atoms with Crippen molar-refractivity contribution in [1.82, 2.24) is 14.6 Å². The smallest absolute Gasteiger partial charge is 0.175 e. The number of aryl methyl sites for hydroxylation is 1. The van der Waals surface area contributed by atoms with Crippen molar-refractivity contribution < 1.29 is 13.2 Å². The van der Waals surface area contributed by atoms with Crippen LogP contribution in [-0.2, 0) is 9.84 Å². The molecule has 154 valence electrons. The van der Waals surface area contributed by atoms with Gasteiger partial charge in [-0.05, 0) is 48.4 Å². The molecule has 0 aliphatic heterocycles. The van der Waals surface area contributed by atoms with Crippen LogP contribution in [0.5, 0.6) is 5.75 Å². The molecule has 0 saturated carbocycles. The molecule has 2 aromatic carbocycles. The maximum absolute atomic E-state index is 12.1. The van der Waals surface area contributed by atoms with E-state index in [1.165, 1.54) is 6.26 Å². The van der Waals surface area contributed by atoms with Crippen molar-refractivity contribution in [3.63, 3.8) is 0 Å². The lowest BCUT2D eigenvalue weighted by atomic mass is 9.98. The Morgan fingerprint density at radius 3 is 2.53 bits per heavy atom. The second-order valence-electron chi connectivity index (χ2n) is 7.09. The molecule has 2 aromatic heterocycles. The van der Waals surface area contributed by atoms with E-state index >= 15 is 0 Å². The molecule has 2 heterocycles. The van der Waals surface area contributed by atoms with Crippen LogP contribution in [0.1, 0.15) is 22.9 Å². The van der Waals surface area contributed by atoms with Crippen molar-refractivity contribution in [3.05, 3.63) is 83.8 Å². The lowest BCUT2D eigenvalue weighted by Crippen LogP contribution is -2.15. The first kappa shape index (κ1) is 19.9. The van der Waals surface area contributed by atoms with Gasteiger partial charge in [-0.1, -0.05) is 24.3 Å². The highest BCUT2D eigenvalue weighted by Crippen LogP contribution is 2.30. The molecule has 4 aromatic rings. The van der Waals surface area contributed by atoms with Gasteiger partial charge in [0, 0.05) is 18.6 Å². The molecule has 8 heteroatoms. The molecule has 0 amide bonds. The van der Waals surface area contributed by atoms with Crippen molar-refractivity contribution in [2.45, 2.75) is 17.9 Å². The number of rotatable bonds is 6. The predicted octanol–water partition coefficient (Wildman–Crippen LogP) is 3.65. The van der Waals surface area contributed by atoms with Crippen LogP contribution in [-0.4, -0.2) is 36.4 Å². The summed E-state index contributed by atoms with van der Waals surface area (Å²) >= 11 is 0. The summed E-state index contributed by atoms with van der Waals surface area (Å²) in [6.07, 6.45) is 4.68. The van der Waals surface area contributed by atoms with Crippen LogP contribution in [0.4, 0.5) is 5.82 Å². The molecule has 0 aliphatic rings. The summed E-state index contributed by atoms with van der Waals surface area (Å²) in [5, 5.41) is 7.91. The van der Waals surface area contributed by atoms with Crippen LogP contribution in [0.2, 0.25) is 0 Å². The number of hydrogen-bond donors (Lipinski definition) is 1. The topological polar surface area (TPSA) is 85.6 Å². The van der Waals surface area contributed by atoms with Crippen molar-refractivity contribution in [3.8, 4) is 5.75 Å². The summed E-state index contributed by atoms with van der Waals surface area (Å²) in [5.74, 6) is 1.40. The van der Waals surface area contributed by atoms with Crippen LogP contribution >= 0.6 is 0 Å². The Hall–Kier alpha value is -3.39. The van der Waals surface area contributed by atoms with Gasteiger partial charge in [0.15, 0.2) is 15.7 Å². The van der Waals surface area contributed by atoms with E-state index in [0.717, 1.165) is 28.1 Å². The maximum Gasteiger partial charge on any atom is 0.175 e. The predicted molar refractivity (Wildman–Crippen MR) is 116 cm³/mol. The van der Waals surface area contributed by atoms with E-state index in [2.05, 4.69) is 15.4 Å². The molecule has 0 bridgehead atoms. The minimum atomic E-state index is -3.33. The number of hydrogen-bond acceptors (Lipinski definition) is 6. The Morgan fingerprint density at radius 2 is 1.83 bits per heavy atom. The average Bonchev–Trinajstić information content (AvgIpc) is 3.12. The van der Waals surface area contributed by atoms with E-state index in [-0.39, 0.29) is 10.9 Å². The van der Waals surface area contributed by atoms with Gasteiger partial charge in [0.05, 0.1) is 23.7 Å². The standard InChI is InChI=1S/C22H22N4O3S/c1-15-13-20-22(23-11-12-26(20)25-15)24-21(16-7-9-18(29-2)10-8-16)17-5-4-6-19(14-17)30(3,27)28/h4-14,21H,1-3H3,(H,23,24). The van der Waals surface area contributed by atoms with Gasteiger partial charge in [-0.3, -0.25) is 0 Å². The first-order valence-electron chi connectivity index (χ1n) is 9.36. The fourth-order valence-corrected chi connectivity index (χ4v) is 4.05. The van der Waals surface area contributed by atoms with Crippen LogP contribution in [0, 0.1) is 6.92 Å². The molecule has 1 unspecified atom stereocenters. The van der Waals surface area contributed by atoms with Crippen molar-refractivity contribution in [2.24, 2.45) is 0 Å². The molecule has 0 spiro atoms. The summed E-state index contributed by atoms with van der Waals surface area (Å²) < 4.78 is 31.2. The van der Waals surface area contributed by atoms with E-state index in [9.17, 15) is 8.42 Å². The third kappa shape index (κ3) is 3.99. The molecule has 1 N–H and O–H groups in total. The number of ether oxygens (including phenoxy) is 1. The van der Waals surface area contributed by atoms with Gasteiger partial charge in [-0.15, -0.1) is 0 Å². The molecular formula is C22H22N4O3S. The van der Waals surface area contributed by atoms with Crippen LogP contribution in [0.25, 0.3) is 5.52 Å². The maximum atomic E-state index is 12.1. The van der Waals surface area contributed by atoms with Crippen LogP contribution in [0.3, 0.4) is 0 Å². The zero-order valence-corrected chi connectivity index (χ0v) is 17.7. The van der Waals surface area contributed by atoms with Gasteiger partial charge in [0.25, 0.3) is 0 Å². The molecule has 1 atom stereocenters. The fourth-order valence-electron chi connectivity index (χ4n) is 3.37. The zero-order chi connectivity index (χ0) is 21.3. The summed E-state index contributed by atoms with van der Waals surface area (Å²) in [6, 6.07) is 16.2. The highest BCUT2D eigenvalue weighted by atomic mass is 32.2. The molecule has 30 heavy (non-hydrogen) atoms. The SMILES string of the molecule is COc1ccc(C(Nc2nccn3nc(C)cc23)c2cccc(S(C)(=O)=O)c2)cc1. The van der Waals surface area contributed by atoms with Gasteiger partial charge in [0.1, 0.15) is 11.3 Å². The lowest BCUT2D eigenvalue weighted by Gasteiger charge is -2.21. The highest BCUT2D eigenvalue weighted by Gasteiger charge is 2.19. The van der Waals surface area contributed by atoms with E-state index in [1.807, 2.05) is 43.3 Å². The van der Waals surface area contributed by atoms with Gasteiger partial charge in [0.2, 0.25) is 0 Å². The Labute approximate surface area is 175 Å². The van der Waals surface area contributed by atoms with Crippen LogP contribution in [0.15, 0.2) is 71.9 Å².